The van der Waals surface area contributed by atoms with Gasteiger partial charge in [-0.05, 0) is 43.3 Å². The number of aromatic nitrogens is 2. The van der Waals surface area contributed by atoms with Gasteiger partial charge in [-0.2, -0.15) is 0 Å². The lowest BCUT2D eigenvalue weighted by Crippen LogP contribution is -2.22. The number of nitrogens with one attached hydrogen (secondary N) is 1. The number of benzene rings is 2. The maximum atomic E-state index is 12.6. The fourth-order valence-electron chi connectivity index (χ4n) is 2.42. The van der Waals surface area contributed by atoms with Crippen molar-refractivity contribution in [2.45, 2.75) is 11.9 Å². The Morgan fingerprint density at radius 2 is 1.89 bits per heavy atom. The van der Waals surface area contributed by atoms with Crippen LogP contribution in [0.4, 0.5) is 5.69 Å². The fraction of sp³-hybridized carbons (Fsp3) is 0.150. The van der Waals surface area contributed by atoms with Crippen molar-refractivity contribution in [2.75, 3.05) is 17.7 Å². The lowest BCUT2D eigenvalue weighted by atomic mass is 10.3. The van der Waals surface area contributed by atoms with Crippen molar-refractivity contribution in [3.63, 3.8) is 0 Å². The van der Waals surface area contributed by atoms with Crippen molar-refractivity contribution < 1.29 is 9.53 Å². The number of hydrogen-bond donors (Lipinski definition) is 1. The molecule has 1 amide bonds. The van der Waals surface area contributed by atoms with Gasteiger partial charge in [-0.1, -0.05) is 30.0 Å². The molecule has 0 unspecified atom stereocenters. The molecule has 6 nitrogen and oxygen atoms in total. The molecule has 1 N–H and O–H groups in total. The monoisotopic (exact) mass is 381 g/mol. The Kier molecular flexibility index (Phi) is 6.27. The van der Waals surface area contributed by atoms with Gasteiger partial charge in [-0.3, -0.25) is 14.2 Å². The van der Waals surface area contributed by atoms with Gasteiger partial charge >= 0.3 is 0 Å². The standard InChI is InChI=1S/C20H19N3O3S/c1-2-26-17-10-8-15(9-11-17)22-18(24)14-27-19-20(25)23(13-12-21-19)16-6-4-3-5-7-16/h3-13H,2,14H2,1H3,(H,22,24). The van der Waals surface area contributed by atoms with Crippen LogP contribution in [0.3, 0.4) is 0 Å². The summed E-state index contributed by atoms with van der Waals surface area (Å²) in [7, 11) is 0. The zero-order valence-electron chi connectivity index (χ0n) is 14.8. The third-order valence-corrected chi connectivity index (χ3v) is 4.59. The minimum absolute atomic E-state index is 0.0915. The van der Waals surface area contributed by atoms with Gasteiger partial charge in [0.25, 0.3) is 5.56 Å². The molecule has 1 aromatic heterocycles. The number of ether oxygens (including phenoxy) is 1. The van der Waals surface area contributed by atoms with Crippen LogP contribution in [0.2, 0.25) is 0 Å². The summed E-state index contributed by atoms with van der Waals surface area (Å²) < 4.78 is 6.88. The Bertz CT molecular complexity index is 956. The van der Waals surface area contributed by atoms with E-state index in [-0.39, 0.29) is 22.2 Å². The molecule has 0 aliphatic rings. The minimum Gasteiger partial charge on any atom is -0.494 e. The molecule has 0 radical (unpaired) electrons. The quantitative estimate of drug-likeness (QED) is 0.635. The van der Waals surface area contributed by atoms with Crippen LogP contribution < -0.4 is 15.6 Å². The normalized spacial score (nSPS) is 10.4. The fourth-order valence-corrected chi connectivity index (χ4v) is 3.11. The maximum absolute atomic E-state index is 12.6. The number of thioether (sulfide) groups is 1. The largest absolute Gasteiger partial charge is 0.494 e. The average molecular weight is 381 g/mol. The van der Waals surface area contributed by atoms with Gasteiger partial charge in [-0.25, -0.2) is 4.98 Å². The third-order valence-electron chi connectivity index (χ3n) is 3.63. The molecule has 0 spiro atoms. The highest BCUT2D eigenvalue weighted by Gasteiger charge is 2.10. The van der Waals surface area contributed by atoms with Crippen LogP contribution in [0.15, 0.2) is 76.8 Å². The highest BCUT2D eigenvalue weighted by atomic mass is 32.2. The Hall–Kier alpha value is -3.06. The molecule has 7 heteroatoms. The molecule has 3 aromatic rings. The predicted octanol–water partition coefficient (Wildman–Crippen LogP) is 3.36. The molecule has 0 aliphatic heterocycles. The second-order valence-electron chi connectivity index (χ2n) is 5.54. The first-order valence-corrected chi connectivity index (χ1v) is 9.44. The number of hydrogen-bond acceptors (Lipinski definition) is 5. The smallest absolute Gasteiger partial charge is 0.287 e. The van der Waals surface area contributed by atoms with E-state index in [1.54, 1.807) is 36.7 Å². The molecular weight excluding hydrogens is 362 g/mol. The third kappa shape index (κ3) is 4.98. The SMILES string of the molecule is CCOc1ccc(NC(=O)CSc2nccn(-c3ccccc3)c2=O)cc1. The number of anilines is 1. The zero-order valence-corrected chi connectivity index (χ0v) is 15.6. The molecule has 0 saturated carbocycles. The second kappa shape index (κ2) is 9.05. The molecule has 138 valence electrons. The van der Waals surface area contributed by atoms with Crippen LogP contribution in [-0.2, 0) is 4.79 Å². The number of carbonyl (C=O) groups is 1. The first kappa shape index (κ1) is 18.7. The van der Waals surface area contributed by atoms with Crippen LogP contribution in [0, 0.1) is 0 Å². The first-order valence-electron chi connectivity index (χ1n) is 8.46. The van der Waals surface area contributed by atoms with Gasteiger partial charge < -0.3 is 10.1 Å². The van der Waals surface area contributed by atoms with Crippen LogP contribution in [-0.4, -0.2) is 27.8 Å². The van der Waals surface area contributed by atoms with Crippen molar-refractivity contribution in [1.29, 1.82) is 0 Å². The molecule has 2 aromatic carbocycles. The highest BCUT2D eigenvalue weighted by Crippen LogP contribution is 2.17. The van der Waals surface area contributed by atoms with E-state index >= 15 is 0 Å². The van der Waals surface area contributed by atoms with E-state index < -0.39 is 0 Å². The van der Waals surface area contributed by atoms with E-state index in [0.717, 1.165) is 23.2 Å². The second-order valence-corrected chi connectivity index (χ2v) is 6.50. The van der Waals surface area contributed by atoms with Gasteiger partial charge in [0, 0.05) is 23.8 Å². The molecule has 0 bridgehead atoms. The number of carbonyl (C=O) groups excluding carboxylic acids is 1. The van der Waals surface area contributed by atoms with Gasteiger partial charge in [0.15, 0.2) is 5.03 Å². The van der Waals surface area contributed by atoms with E-state index in [0.29, 0.717) is 12.3 Å². The lowest BCUT2D eigenvalue weighted by Gasteiger charge is -2.08. The van der Waals surface area contributed by atoms with E-state index in [1.165, 1.54) is 4.57 Å². The number of amides is 1. The van der Waals surface area contributed by atoms with Crippen LogP contribution in [0.1, 0.15) is 6.92 Å². The van der Waals surface area contributed by atoms with Crippen molar-refractivity contribution in [3.05, 3.63) is 77.3 Å². The Morgan fingerprint density at radius 1 is 1.15 bits per heavy atom. The Morgan fingerprint density at radius 3 is 2.59 bits per heavy atom. The topological polar surface area (TPSA) is 73.2 Å². The van der Waals surface area contributed by atoms with E-state index in [2.05, 4.69) is 10.3 Å². The summed E-state index contributed by atoms with van der Waals surface area (Å²) in [6, 6.07) is 16.4. The Labute approximate surface area is 161 Å². The van der Waals surface area contributed by atoms with Crippen molar-refractivity contribution in [1.82, 2.24) is 9.55 Å². The summed E-state index contributed by atoms with van der Waals surface area (Å²) in [4.78, 5) is 28.8. The molecule has 0 fully saturated rings. The molecule has 1 heterocycles. The van der Waals surface area contributed by atoms with Crippen LogP contribution in [0.5, 0.6) is 5.75 Å². The van der Waals surface area contributed by atoms with Crippen molar-refractivity contribution in [2.24, 2.45) is 0 Å². The first-order chi connectivity index (χ1) is 13.2. The summed E-state index contributed by atoms with van der Waals surface area (Å²) >= 11 is 1.11. The predicted molar refractivity (Wildman–Crippen MR) is 107 cm³/mol. The van der Waals surface area contributed by atoms with Crippen molar-refractivity contribution in [3.8, 4) is 11.4 Å². The van der Waals surface area contributed by atoms with Gasteiger partial charge in [0.1, 0.15) is 5.75 Å². The summed E-state index contributed by atoms with van der Waals surface area (Å²) in [6.45, 7) is 2.50. The number of nitrogens with zero attached hydrogens (tertiary/aromatic N) is 2. The summed E-state index contributed by atoms with van der Waals surface area (Å²) in [5.41, 5.74) is 1.18. The van der Waals surface area contributed by atoms with E-state index in [4.69, 9.17) is 4.74 Å². The lowest BCUT2D eigenvalue weighted by molar-refractivity contribution is -0.113. The van der Waals surface area contributed by atoms with E-state index in [1.807, 2.05) is 37.3 Å². The minimum atomic E-state index is -0.248. The number of rotatable bonds is 7. The molecule has 0 saturated heterocycles. The number of para-hydroxylation sites is 1. The average Bonchev–Trinajstić information content (AvgIpc) is 2.69. The summed E-state index contributed by atoms with van der Waals surface area (Å²) in [6.07, 6.45) is 3.17. The van der Waals surface area contributed by atoms with E-state index in [9.17, 15) is 9.59 Å². The molecule has 27 heavy (non-hydrogen) atoms. The van der Waals surface area contributed by atoms with Crippen LogP contribution >= 0.6 is 11.8 Å². The van der Waals surface area contributed by atoms with Crippen LogP contribution in [0.25, 0.3) is 5.69 Å². The van der Waals surface area contributed by atoms with Gasteiger partial charge in [0.05, 0.1) is 12.4 Å². The Balaban J connectivity index is 1.63. The molecular formula is C20H19N3O3S. The highest BCUT2D eigenvalue weighted by molar-refractivity contribution is 7.99. The van der Waals surface area contributed by atoms with Crippen molar-refractivity contribution >= 4 is 23.4 Å². The molecule has 3 rings (SSSR count). The summed E-state index contributed by atoms with van der Waals surface area (Å²) in [5.74, 6) is 0.633. The molecule has 0 atom stereocenters. The molecule has 0 aliphatic carbocycles. The van der Waals surface area contributed by atoms with Gasteiger partial charge in [-0.15, -0.1) is 0 Å². The maximum Gasteiger partial charge on any atom is 0.287 e. The zero-order chi connectivity index (χ0) is 19.1. The van der Waals surface area contributed by atoms with Gasteiger partial charge in [0.2, 0.25) is 5.91 Å². The summed E-state index contributed by atoms with van der Waals surface area (Å²) in [5, 5.41) is 3.08.